The van der Waals surface area contributed by atoms with E-state index in [4.69, 9.17) is 14.3 Å². The van der Waals surface area contributed by atoms with E-state index in [1.54, 1.807) is 12.7 Å². The van der Waals surface area contributed by atoms with Crippen LogP contribution in [0.2, 0.25) is 0 Å². The lowest BCUT2D eigenvalue weighted by Crippen LogP contribution is -2.33. The van der Waals surface area contributed by atoms with Crippen LogP contribution in [-0.2, 0) is 15.6 Å². The minimum Gasteiger partial charge on any atom is -0.369 e. The van der Waals surface area contributed by atoms with Crippen molar-refractivity contribution in [2.45, 2.75) is 52.7 Å². The number of hydrogen-bond acceptors (Lipinski definition) is 8. The molecule has 10 nitrogen and oxygen atoms in total. The van der Waals surface area contributed by atoms with Gasteiger partial charge >= 0.3 is 0 Å². The third kappa shape index (κ3) is 6.67. The van der Waals surface area contributed by atoms with Crippen molar-refractivity contribution < 1.29 is 9.05 Å². The first kappa shape index (κ1) is 24.1. The summed E-state index contributed by atoms with van der Waals surface area (Å²) >= 11 is 0. The first-order chi connectivity index (χ1) is 14.3. The van der Waals surface area contributed by atoms with Gasteiger partial charge in [-0.2, -0.15) is 5.26 Å². The fourth-order valence-electron chi connectivity index (χ4n) is 2.83. The zero-order valence-corrected chi connectivity index (χ0v) is 19.5. The summed E-state index contributed by atoms with van der Waals surface area (Å²) in [5.74, 6) is 0.529. The van der Waals surface area contributed by atoms with Gasteiger partial charge < -0.3 is 18.5 Å². The molecular formula is C19H31N8O2P. The van der Waals surface area contributed by atoms with Gasteiger partial charge in [-0.3, -0.25) is 0 Å². The number of aliphatic imine (C=N–C) groups is 1. The molecule has 0 aliphatic carbocycles. The van der Waals surface area contributed by atoms with Crippen LogP contribution in [0.5, 0.6) is 0 Å². The zero-order chi connectivity index (χ0) is 22.1. The van der Waals surface area contributed by atoms with E-state index in [1.807, 2.05) is 23.6 Å². The molecule has 0 aliphatic rings. The van der Waals surface area contributed by atoms with Gasteiger partial charge in [0.05, 0.1) is 38.4 Å². The second kappa shape index (κ2) is 11.9. The Balaban J connectivity index is 2.09. The van der Waals surface area contributed by atoms with E-state index in [1.165, 1.54) is 6.33 Å². The molecule has 0 spiro atoms. The molecule has 1 unspecified atom stereocenters. The van der Waals surface area contributed by atoms with Crippen LogP contribution in [0, 0.1) is 11.3 Å². The number of fused-ring (bicyclic) bond motifs is 1. The van der Waals surface area contributed by atoms with Gasteiger partial charge in [0, 0.05) is 32.7 Å². The quantitative estimate of drug-likeness (QED) is 0.217. The summed E-state index contributed by atoms with van der Waals surface area (Å²) in [6, 6.07) is 2.63. The second-order valence-electron chi connectivity index (χ2n) is 7.40. The van der Waals surface area contributed by atoms with Gasteiger partial charge in [-0.25, -0.2) is 24.6 Å². The van der Waals surface area contributed by atoms with Gasteiger partial charge in [0.25, 0.3) is 8.53 Å². The molecule has 0 aromatic carbocycles. The molecule has 2 aromatic heterocycles. The molecule has 0 N–H and O–H groups in total. The second-order valence-corrected chi connectivity index (χ2v) is 8.85. The molecule has 0 radical (unpaired) electrons. The van der Waals surface area contributed by atoms with Gasteiger partial charge in [-0.1, -0.05) is 0 Å². The fraction of sp³-hybridized carbons (Fsp3) is 0.632. The average Bonchev–Trinajstić information content (AvgIpc) is 3.09. The predicted molar refractivity (Wildman–Crippen MR) is 118 cm³/mol. The van der Waals surface area contributed by atoms with Gasteiger partial charge in [-0.05, 0) is 27.7 Å². The van der Waals surface area contributed by atoms with Crippen molar-refractivity contribution in [1.82, 2.24) is 29.1 Å². The number of aromatic nitrogens is 4. The lowest BCUT2D eigenvalue weighted by molar-refractivity contribution is 0.173. The Morgan fingerprint density at radius 2 is 1.87 bits per heavy atom. The summed E-state index contributed by atoms with van der Waals surface area (Å²) in [5, 5.41) is 8.82. The van der Waals surface area contributed by atoms with E-state index in [0.717, 1.165) is 0 Å². The molecule has 2 aromatic rings. The largest absolute Gasteiger partial charge is 0.369 e. The van der Waals surface area contributed by atoms with E-state index >= 15 is 0 Å². The van der Waals surface area contributed by atoms with Crippen LogP contribution in [-0.4, -0.2) is 74.8 Å². The highest BCUT2D eigenvalue weighted by molar-refractivity contribution is 7.44. The Labute approximate surface area is 179 Å². The normalized spacial score (nSPS) is 13.1. The summed E-state index contributed by atoms with van der Waals surface area (Å²) in [6.07, 6.45) is 5.23. The van der Waals surface area contributed by atoms with Crippen molar-refractivity contribution in [3.8, 4) is 6.07 Å². The van der Waals surface area contributed by atoms with E-state index in [2.05, 4.69) is 58.4 Å². The monoisotopic (exact) mass is 434 g/mol. The van der Waals surface area contributed by atoms with E-state index in [9.17, 15) is 0 Å². The van der Waals surface area contributed by atoms with E-state index < -0.39 is 8.53 Å². The Bertz CT molecular complexity index is 854. The molecule has 0 saturated carbocycles. The summed E-state index contributed by atoms with van der Waals surface area (Å²) in [7, 11) is 2.52. The van der Waals surface area contributed by atoms with Crippen LogP contribution < -0.4 is 0 Å². The smallest absolute Gasteiger partial charge is 0.259 e. The minimum absolute atomic E-state index is 0.261. The highest BCUT2D eigenvalue weighted by atomic mass is 31.2. The van der Waals surface area contributed by atoms with Gasteiger partial charge in [0.2, 0.25) is 0 Å². The number of rotatable bonds is 12. The minimum atomic E-state index is -1.27. The van der Waals surface area contributed by atoms with Crippen LogP contribution in [0.3, 0.4) is 0 Å². The predicted octanol–water partition coefficient (Wildman–Crippen LogP) is 3.34. The molecule has 0 saturated heterocycles. The van der Waals surface area contributed by atoms with Crippen molar-refractivity contribution >= 4 is 31.8 Å². The third-order valence-electron chi connectivity index (χ3n) is 3.99. The van der Waals surface area contributed by atoms with Gasteiger partial charge in [0.1, 0.15) is 6.33 Å². The number of nitrogens with zero attached hydrogens (tertiary/aromatic N) is 8. The third-order valence-corrected chi connectivity index (χ3v) is 6.10. The van der Waals surface area contributed by atoms with Crippen LogP contribution in [0.4, 0.5) is 5.82 Å². The molecule has 2 rings (SSSR count). The lowest BCUT2D eigenvalue weighted by Gasteiger charge is -2.35. The molecule has 1 atom stereocenters. The van der Waals surface area contributed by atoms with Crippen molar-refractivity contribution in [2.75, 3.05) is 27.3 Å². The van der Waals surface area contributed by atoms with Crippen molar-refractivity contribution in [2.24, 2.45) is 4.99 Å². The highest BCUT2D eigenvalue weighted by Gasteiger charge is 2.27. The molecule has 0 fully saturated rings. The van der Waals surface area contributed by atoms with E-state index in [-0.39, 0.29) is 12.1 Å². The molecule has 0 aliphatic heterocycles. The first-order valence-corrected chi connectivity index (χ1v) is 11.1. The van der Waals surface area contributed by atoms with Crippen molar-refractivity contribution in [3.63, 3.8) is 0 Å². The molecular weight excluding hydrogens is 403 g/mol. The maximum absolute atomic E-state index is 8.82. The van der Waals surface area contributed by atoms with Crippen LogP contribution in [0.25, 0.3) is 11.2 Å². The van der Waals surface area contributed by atoms with Crippen molar-refractivity contribution in [3.05, 3.63) is 12.7 Å². The van der Waals surface area contributed by atoms with E-state index in [0.29, 0.717) is 43.2 Å². The number of nitriles is 1. The Hall–Kier alpha value is -2.18. The lowest BCUT2D eigenvalue weighted by atomic mass is 10.3. The Kier molecular flexibility index (Phi) is 9.53. The summed E-state index contributed by atoms with van der Waals surface area (Å²) in [5.41, 5.74) is 1.35. The molecule has 2 heterocycles. The topological polar surface area (TPSA) is 105 Å². The van der Waals surface area contributed by atoms with Crippen LogP contribution in [0.15, 0.2) is 17.6 Å². The number of imidazole rings is 1. The van der Waals surface area contributed by atoms with Crippen molar-refractivity contribution in [1.29, 1.82) is 5.26 Å². The average molecular weight is 434 g/mol. The zero-order valence-electron chi connectivity index (χ0n) is 18.6. The molecule has 30 heavy (non-hydrogen) atoms. The standard InChI is InChI=1S/C19H31N8O2P/c1-15(2)27(16(3)4)30(28-10-7-8-20)29-11-9-26-14-23-17-18(24-13-25(5)6)21-12-22-19(17)26/h12-16H,7,9-11H2,1-6H3/b24-13-. The molecule has 0 amide bonds. The molecule has 0 bridgehead atoms. The van der Waals surface area contributed by atoms with Gasteiger partial charge in [0.15, 0.2) is 17.0 Å². The molecule has 164 valence electrons. The summed E-state index contributed by atoms with van der Waals surface area (Å²) in [6.45, 7) is 9.80. The van der Waals surface area contributed by atoms with Gasteiger partial charge in [-0.15, -0.1) is 0 Å². The molecule has 11 heteroatoms. The first-order valence-electron chi connectivity index (χ1n) is 9.92. The van der Waals surface area contributed by atoms with Crippen LogP contribution >= 0.6 is 8.53 Å². The maximum atomic E-state index is 8.82. The SMILES string of the molecule is CC(C)N(C(C)C)P(OCCC#N)OCCn1cnc2c(/N=C\N(C)C)ncnc21. The summed E-state index contributed by atoms with van der Waals surface area (Å²) < 4.78 is 16.2. The fourth-order valence-corrected chi connectivity index (χ4v) is 4.41. The summed E-state index contributed by atoms with van der Waals surface area (Å²) in [4.78, 5) is 19.2. The maximum Gasteiger partial charge on any atom is 0.259 e. The Morgan fingerprint density at radius 3 is 2.50 bits per heavy atom. The number of hydrogen-bond donors (Lipinski definition) is 0. The van der Waals surface area contributed by atoms with Crippen LogP contribution in [0.1, 0.15) is 34.1 Å². The Morgan fingerprint density at radius 1 is 1.17 bits per heavy atom. The highest BCUT2D eigenvalue weighted by Crippen LogP contribution is 2.45.